The molecule has 1 saturated carbocycles. The molecule has 0 heterocycles. The molecule has 5 nitrogen and oxygen atoms in total. The molecule has 1 aromatic rings. The van der Waals surface area contributed by atoms with Gasteiger partial charge in [-0.15, -0.1) is 0 Å². The van der Waals surface area contributed by atoms with Crippen LogP contribution >= 0.6 is 0 Å². The van der Waals surface area contributed by atoms with E-state index in [-0.39, 0.29) is 11.4 Å². The Labute approximate surface area is 125 Å². The first-order chi connectivity index (χ1) is 9.88. The summed E-state index contributed by atoms with van der Waals surface area (Å²) in [5.41, 5.74) is 0.756. The van der Waals surface area contributed by atoms with Gasteiger partial charge >= 0.3 is 0 Å². The predicted molar refractivity (Wildman–Crippen MR) is 80.0 cm³/mol. The zero-order valence-electron chi connectivity index (χ0n) is 12.4. The maximum absolute atomic E-state index is 14.0. The lowest BCUT2D eigenvalue weighted by molar-refractivity contribution is 0.412. The van der Waals surface area contributed by atoms with Crippen LogP contribution in [0.1, 0.15) is 18.4 Å². The van der Waals surface area contributed by atoms with Gasteiger partial charge in [-0.05, 0) is 44.6 Å². The summed E-state index contributed by atoms with van der Waals surface area (Å²) < 4.78 is 40.5. The monoisotopic (exact) mass is 315 g/mol. The molecule has 0 bridgehead atoms. The SMILES string of the molecule is CN(C)CCNS(=O)(=O)c1ccc(CNC2CC2)cc1F. The molecule has 118 valence electrons. The van der Waals surface area contributed by atoms with E-state index in [1.807, 2.05) is 19.0 Å². The molecule has 0 atom stereocenters. The third-order valence-corrected chi connectivity index (χ3v) is 4.80. The third kappa shape index (κ3) is 5.03. The Bertz CT molecular complexity index is 586. The Morgan fingerprint density at radius 2 is 2.05 bits per heavy atom. The number of sulfonamides is 1. The smallest absolute Gasteiger partial charge is 0.243 e. The second-order valence-corrected chi connectivity index (χ2v) is 7.36. The first kappa shape index (κ1) is 16.4. The summed E-state index contributed by atoms with van der Waals surface area (Å²) >= 11 is 0. The number of halogens is 1. The van der Waals surface area contributed by atoms with Gasteiger partial charge in [-0.2, -0.15) is 0 Å². The first-order valence-electron chi connectivity index (χ1n) is 7.05. The minimum Gasteiger partial charge on any atom is -0.310 e. The first-order valence-corrected chi connectivity index (χ1v) is 8.53. The van der Waals surface area contributed by atoms with Gasteiger partial charge in [0, 0.05) is 25.7 Å². The largest absolute Gasteiger partial charge is 0.310 e. The van der Waals surface area contributed by atoms with Crippen LogP contribution in [-0.4, -0.2) is 46.5 Å². The highest BCUT2D eigenvalue weighted by atomic mass is 32.2. The average molecular weight is 315 g/mol. The summed E-state index contributed by atoms with van der Waals surface area (Å²) in [5.74, 6) is -0.706. The van der Waals surface area contributed by atoms with E-state index in [1.165, 1.54) is 12.1 Å². The predicted octanol–water partition coefficient (Wildman–Crippen LogP) is 0.918. The van der Waals surface area contributed by atoms with Gasteiger partial charge in [0.2, 0.25) is 10.0 Å². The number of hydrogen-bond acceptors (Lipinski definition) is 4. The lowest BCUT2D eigenvalue weighted by Gasteiger charge is -2.12. The summed E-state index contributed by atoms with van der Waals surface area (Å²) in [6.07, 6.45) is 2.31. The van der Waals surface area contributed by atoms with Gasteiger partial charge in [-0.25, -0.2) is 17.5 Å². The lowest BCUT2D eigenvalue weighted by atomic mass is 10.2. The molecule has 1 aliphatic carbocycles. The van der Waals surface area contributed by atoms with Crippen LogP contribution in [0.15, 0.2) is 23.1 Å². The zero-order valence-corrected chi connectivity index (χ0v) is 13.2. The fourth-order valence-electron chi connectivity index (χ4n) is 1.90. The van der Waals surface area contributed by atoms with Crippen molar-refractivity contribution >= 4 is 10.0 Å². The van der Waals surface area contributed by atoms with Crippen LogP contribution in [0.2, 0.25) is 0 Å². The van der Waals surface area contributed by atoms with Crippen LogP contribution in [0.25, 0.3) is 0 Å². The molecule has 7 heteroatoms. The van der Waals surface area contributed by atoms with Gasteiger partial charge in [-0.1, -0.05) is 6.07 Å². The summed E-state index contributed by atoms with van der Waals surface area (Å²) in [7, 11) is -0.107. The number of likely N-dealkylation sites (N-methyl/N-ethyl adjacent to an activating group) is 1. The molecule has 2 N–H and O–H groups in total. The van der Waals surface area contributed by atoms with Crippen molar-refractivity contribution in [1.82, 2.24) is 14.9 Å². The molecule has 0 saturated heterocycles. The second-order valence-electron chi connectivity index (χ2n) is 5.62. The quantitative estimate of drug-likeness (QED) is 0.749. The molecule has 2 rings (SSSR count). The van der Waals surface area contributed by atoms with E-state index in [4.69, 9.17) is 0 Å². The lowest BCUT2D eigenvalue weighted by Crippen LogP contribution is -2.31. The number of rotatable bonds is 8. The van der Waals surface area contributed by atoms with Gasteiger partial charge in [0.05, 0.1) is 0 Å². The van der Waals surface area contributed by atoms with Crippen molar-refractivity contribution in [1.29, 1.82) is 0 Å². The molecule has 0 amide bonds. The fraction of sp³-hybridized carbons (Fsp3) is 0.571. The van der Waals surface area contributed by atoms with Crippen molar-refractivity contribution in [2.24, 2.45) is 0 Å². The van der Waals surface area contributed by atoms with Crippen LogP contribution in [0.4, 0.5) is 4.39 Å². The minimum absolute atomic E-state index is 0.250. The molecule has 0 aliphatic heterocycles. The highest BCUT2D eigenvalue weighted by molar-refractivity contribution is 7.89. The maximum atomic E-state index is 14.0. The van der Waals surface area contributed by atoms with Gasteiger partial charge in [0.25, 0.3) is 0 Å². The molecule has 1 fully saturated rings. The average Bonchev–Trinajstić information content (AvgIpc) is 3.19. The second kappa shape index (κ2) is 6.83. The zero-order chi connectivity index (χ0) is 15.5. The van der Waals surface area contributed by atoms with Crippen LogP contribution in [0.3, 0.4) is 0 Å². The van der Waals surface area contributed by atoms with Crippen molar-refractivity contribution in [3.63, 3.8) is 0 Å². The van der Waals surface area contributed by atoms with E-state index in [2.05, 4.69) is 10.0 Å². The van der Waals surface area contributed by atoms with E-state index in [0.29, 0.717) is 19.1 Å². The van der Waals surface area contributed by atoms with Gasteiger partial charge in [0.15, 0.2) is 0 Å². The normalized spacial score (nSPS) is 15.6. The minimum atomic E-state index is -3.79. The Morgan fingerprint density at radius 1 is 1.33 bits per heavy atom. The number of hydrogen-bond donors (Lipinski definition) is 2. The van der Waals surface area contributed by atoms with Gasteiger partial charge < -0.3 is 10.2 Å². The molecule has 1 aromatic carbocycles. The Balaban J connectivity index is 2.00. The van der Waals surface area contributed by atoms with E-state index < -0.39 is 15.8 Å². The molecule has 0 radical (unpaired) electrons. The Morgan fingerprint density at radius 3 is 2.62 bits per heavy atom. The highest BCUT2D eigenvalue weighted by Crippen LogP contribution is 2.20. The van der Waals surface area contributed by atoms with Crippen LogP contribution in [0.5, 0.6) is 0 Å². The molecular formula is C14H22FN3O2S. The summed E-state index contributed by atoms with van der Waals surface area (Å²) in [4.78, 5) is 1.56. The Hall–Kier alpha value is -1.02. The van der Waals surface area contributed by atoms with Crippen LogP contribution in [-0.2, 0) is 16.6 Å². The highest BCUT2D eigenvalue weighted by Gasteiger charge is 2.21. The molecule has 0 unspecified atom stereocenters. The van der Waals surface area contributed by atoms with Crippen molar-refractivity contribution in [2.75, 3.05) is 27.2 Å². The van der Waals surface area contributed by atoms with Crippen molar-refractivity contribution in [2.45, 2.75) is 30.3 Å². The third-order valence-electron chi connectivity index (χ3n) is 3.31. The van der Waals surface area contributed by atoms with E-state index in [1.54, 1.807) is 6.07 Å². The summed E-state index contributed by atoms with van der Waals surface area (Å²) in [5, 5.41) is 3.27. The van der Waals surface area contributed by atoms with Crippen molar-refractivity contribution < 1.29 is 12.8 Å². The number of nitrogens with one attached hydrogen (secondary N) is 2. The number of benzene rings is 1. The summed E-state index contributed by atoms with van der Waals surface area (Å²) in [6, 6.07) is 4.80. The number of nitrogens with zero attached hydrogens (tertiary/aromatic N) is 1. The fourth-order valence-corrected chi connectivity index (χ4v) is 2.98. The molecule has 21 heavy (non-hydrogen) atoms. The standard InChI is InChI=1S/C14H22FN3O2S/c1-18(2)8-7-17-21(19,20)14-6-3-11(9-13(14)15)10-16-12-4-5-12/h3,6,9,12,16-17H,4-5,7-8,10H2,1-2H3. The topological polar surface area (TPSA) is 61.4 Å². The molecule has 1 aliphatic rings. The van der Waals surface area contributed by atoms with Crippen molar-refractivity contribution in [3.8, 4) is 0 Å². The Kier molecular flexibility index (Phi) is 5.32. The molecular weight excluding hydrogens is 293 g/mol. The van der Waals surface area contributed by atoms with E-state index >= 15 is 0 Å². The van der Waals surface area contributed by atoms with E-state index in [9.17, 15) is 12.8 Å². The molecule has 0 spiro atoms. The summed E-state index contributed by atoms with van der Waals surface area (Å²) in [6.45, 7) is 1.37. The van der Waals surface area contributed by atoms with Crippen LogP contribution in [0, 0.1) is 5.82 Å². The van der Waals surface area contributed by atoms with Crippen LogP contribution < -0.4 is 10.0 Å². The van der Waals surface area contributed by atoms with E-state index in [0.717, 1.165) is 18.4 Å². The van der Waals surface area contributed by atoms with Crippen molar-refractivity contribution in [3.05, 3.63) is 29.6 Å². The van der Waals surface area contributed by atoms with Gasteiger partial charge in [0.1, 0.15) is 10.7 Å². The maximum Gasteiger partial charge on any atom is 0.243 e. The molecule has 0 aromatic heterocycles. The van der Waals surface area contributed by atoms with Gasteiger partial charge in [-0.3, -0.25) is 0 Å².